The Morgan fingerprint density at radius 2 is 2.21 bits per heavy atom. The molecule has 1 amide bonds. The first-order valence-electron chi connectivity index (χ1n) is 6.47. The SMILES string of the molecule is O=C(COc1ccc(CO)cc1)N[C@@H]1CCCOC1. The zero-order valence-corrected chi connectivity index (χ0v) is 10.8. The van der Waals surface area contributed by atoms with Gasteiger partial charge in [0.25, 0.3) is 5.91 Å². The van der Waals surface area contributed by atoms with Gasteiger partial charge in [0.15, 0.2) is 6.61 Å². The smallest absolute Gasteiger partial charge is 0.258 e. The summed E-state index contributed by atoms with van der Waals surface area (Å²) in [5, 5.41) is 11.8. The molecule has 1 aromatic rings. The van der Waals surface area contributed by atoms with Crippen LogP contribution in [-0.4, -0.2) is 36.9 Å². The summed E-state index contributed by atoms with van der Waals surface area (Å²) in [6, 6.07) is 7.11. The Morgan fingerprint density at radius 1 is 1.42 bits per heavy atom. The highest BCUT2D eigenvalue weighted by atomic mass is 16.5. The number of hydrogen-bond donors (Lipinski definition) is 2. The number of nitrogens with one attached hydrogen (secondary N) is 1. The second-order valence-corrected chi connectivity index (χ2v) is 4.57. The number of aliphatic hydroxyl groups excluding tert-OH is 1. The van der Waals surface area contributed by atoms with Crippen LogP contribution in [0.3, 0.4) is 0 Å². The van der Waals surface area contributed by atoms with E-state index in [-0.39, 0.29) is 25.2 Å². The fraction of sp³-hybridized carbons (Fsp3) is 0.500. The minimum atomic E-state index is -0.137. The molecule has 0 aromatic heterocycles. The fourth-order valence-electron chi connectivity index (χ4n) is 1.96. The maximum atomic E-state index is 11.7. The van der Waals surface area contributed by atoms with Crippen LogP contribution < -0.4 is 10.1 Å². The van der Waals surface area contributed by atoms with E-state index in [2.05, 4.69) is 5.32 Å². The lowest BCUT2D eigenvalue weighted by Gasteiger charge is -2.23. The van der Waals surface area contributed by atoms with Gasteiger partial charge in [-0.2, -0.15) is 0 Å². The third-order valence-electron chi connectivity index (χ3n) is 3.00. The zero-order chi connectivity index (χ0) is 13.5. The minimum absolute atomic E-state index is 0.00243. The largest absolute Gasteiger partial charge is 0.484 e. The highest BCUT2D eigenvalue weighted by Crippen LogP contribution is 2.12. The van der Waals surface area contributed by atoms with Gasteiger partial charge in [0.1, 0.15) is 5.75 Å². The van der Waals surface area contributed by atoms with Crippen LogP contribution in [-0.2, 0) is 16.1 Å². The van der Waals surface area contributed by atoms with Crippen LogP contribution in [0.25, 0.3) is 0 Å². The standard InChI is InChI=1S/C14H19NO4/c16-8-11-3-5-13(6-4-11)19-10-14(17)15-12-2-1-7-18-9-12/h3-6,12,16H,1-2,7-10H2,(H,15,17)/t12-/m1/s1. The van der Waals surface area contributed by atoms with Crippen molar-refractivity contribution >= 4 is 5.91 Å². The van der Waals surface area contributed by atoms with Gasteiger partial charge in [0.2, 0.25) is 0 Å². The van der Waals surface area contributed by atoms with E-state index in [1.807, 2.05) is 0 Å². The van der Waals surface area contributed by atoms with Crippen molar-refractivity contribution in [2.24, 2.45) is 0 Å². The molecule has 1 aliphatic rings. The highest BCUT2D eigenvalue weighted by Gasteiger charge is 2.16. The normalized spacial score (nSPS) is 18.9. The van der Waals surface area contributed by atoms with Gasteiger partial charge in [-0.3, -0.25) is 4.79 Å². The van der Waals surface area contributed by atoms with E-state index < -0.39 is 0 Å². The molecule has 2 rings (SSSR count). The van der Waals surface area contributed by atoms with E-state index in [1.54, 1.807) is 24.3 Å². The maximum absolute atomic E-state index is 11.7. The number of carbonyl (C=O) groups is 1. The summed E-state index contributed by atoms with van der Waals surface area (Å²) in [6.07, 6.45) is 1.94. The molecule has 1 heterocycles. The first-order valence-corrected chi connectivity index (χ1v) is 6.47. The van der Waals surface area contributed by atoms with Crippen LogP contribution >= 0.6 is 0 Å². The number of rotatable bonds is 5. The molecule has 0 bridgehead atoms. The van der Waals surface area contributed by atoms with Crippen molar-refractivity contribution in [1.29, 1.82) is 0 Å². The molecule has 5 heteroatoms. The fourth-order valence-corrected chi connectivity index (χ4v) is 1.96. The van der Waals surface area contributed by atoms with Crippen molar-refractivity contribution in [2.75, 3.05) is 19.8 Å². The van der Waals surface area contributed by atoms with Crippen LogP contribution in [0.4, 0.5) is 0 Å². The van der Waals surface area contributed by atoms with Crippen molar-refractivity contribution in [3.8, 4) is 5.75 Å². The van der Waals surface area contributed by atoms with Crippen LogP contribution in [0.15, 0.2) is 24.3 Å². The second kappa shape index (κ2) is 7.11. The van der Waals surface area contributed by atoms with Gasteiger partial charge in [0, 0.05) is 6.61 Å². The van der Waals surface area contributed by atoms with E-state index in [0.717, 1.165) is 25.0 Å². The van der Waals surface area contributed by atoms with E-state index in [9.17, 15) is 4.79 Å². The molecular weight excluding hydrogens is 246 g/mol. The molecule has 0 radical (unpaired) electrons. The molecule has 0 aliphatic carbocycles. The highest BCUT2D eigenvalue weighted by molar-refractivity contribution is 5.77. The Labute approximate surface area is 112 Å². The van der Waals surface area contributed by atoms with Crippen LogP contribution in [0, 0.1) is 0 Å². The van der Waals surface area contributed by atoms with Gasteiger partial charge in [-0.15, -0.1) is 0 Å². The van der Waals surface area contributed by atoms with Crippen molar-refractivity contribution in [2.45, 2.75) is 25.5 Å². The summed E-state index contributed by atoms with van der Waals surface area (Å²) in [5.41, 5.74) is 0.816. The first-order chi connectivity index (χ1) is 9.28. The molecule has 1 aliphatic heterocycles. The lowest BCUT2D eigenvalue weighted by Crippen LogP contribution is -2.42. The topological polar surface area (TPSA) is 67.8 Å². The molecule has 104 valence electrons. The van der Waals surface area contributed by atoms with E-state index in [1.165, 1.54) is 0 Å². The molecule has 5 nitrogen and oxygen atoms in total. The van der Waals surface area contributed by atoms with Crippen molar-refractivity contribution in [1.82, 2.24) is 5.32 Å². The molecule has 1 fully saturated rings. The summed E-state index contributed by atoms with van der Waals surface area (Å²) >= 11 is 0. The Kier molecular flexibility index (Phi) is 5.18. The van der Waals surface area contributed by atoms with E-state index in [4.69, 9.17) is 14.6 Å². The summed E-state index contributed by atoms with van der Waals surface area (Å²) < 4.78 is 10.7. The van der Waals surface area contributed by atoms with Crippen LogP contribution in [0.2, 0.25) is 0 Å². The van der Waals surface area contributed by atoms with Crippen molar-refractivity contribution < 1.29 is 19.4 Å². The maximum Gasteiger partial charge on any atom is 0.258 e. The summed E-state index contributed by atoms with van der Waals surface area (Å²) in [6.45, 7) is 1.36. The third-order valence-corrected chi connectivity index (χ3v) is 3.00. The van der Waals surface area contributed by atoms with Gasteiger partial charge in [-0.25, -0.2) is 0 Å². The summed E-state index contributed by atoms with van der Waals surface area (Å²) in [5.74, 6) is 0.481. The molecule has 19 heavy (non-hydrogen) atoms. The summed E-state index contributed by atoms with van der Waals surface area (Å²) in [4.78, 5) is 11.7. The van der Waals surface area contributed by atoms with Crippen molar-refractivity contribution in [3.63, 3.8) is 0 Å². The molecule has 0 unspecified atom stereocenters. The molecule has 0 spiro atoms. The van der Waals surface area contributed by atoms with E-state index in [0.29, 0.717) is 12.4 Å². The predicted octanol–water partition coefficient (Wildman–Crippen LogP) is 0.853. The molecular formula is C14H19NO4. The molecule has 1 saturated heterocycles. The van der Waals surface area contributed by atoms with Crippen LogP contribution in [0.1, 0.15) is 18.4 Å². The number of carbonyl (C=O) groups excluding carboxylic acids is 1. The van der Waals surface area contributed by atoms with Crippen molar-refractivity contribution in [3.05, 3.63) is 29.8 Å². The lowest BCUT2D eigenvalue weighted by atomic mass is 10.1. The monoisotopic (exact) mass is 265 g/mol. The van der Waals surface area contributed by atoms with Crippen LogP contribution in [0.5, 0.6) is 5.75 Å². The molecule has 1 atom stereocenters. The second-order valence-electron chi connectivity index (χ2n) is 4.57. The van der Waals surface area contributed by atoms with E-state index >= 15 is 0 Å². The number of hydrogen-bond acceptors (Lipinski definition) is 4. The number of benzene rings is 1. The summed E-state index contributed by atoms with van der Waals surface area (Å²) in [7, 11) is 0. The van der Waals surface area contributed by atoms with Gasteiger partial charge in [0.05, 0.1) is 19.3 Å². The van der Waals surface area contributed by atoms with Gasteiger partial charge < -0.3 is 19.9 Å². The first kappa shape index (κ1) is 13.8. The minimum Gasteiger partial charge on any atom is -0.484 e. The van der Waals surface area contributed by atoms with Gasteiger partial charge in [-0.1, -0.05) is 12.1 Å². The predicted molar refractivity (Wildman–Crippen MR) is 69.8 cm³/mol. The molecule has 1 aromatic carbocycles. The average molecular weight is 265 g/mol. The quantitative estimate of drug-likeness (QED) is 0.828. The number of amides is 1. The number of ether oxygens (including phenoxy) is 2. The Balaban J connectivity index is 1.72. The average Bonchev–Trinajstić information content (AvgIpc) is 2.47. The lowest BCUT2D eigenvalue weighted by molar-refractivity contribution is -0.124. The molecule has 0 saturated carbocycles. The Hall–Kier alpha value is -1.59. The Bertz CT molecular complexity index is 398. The third kappa shape index (κ3) is 4.54. The molecule has 2 N–H and O–H groups in total. The number of aliphatic hydroxyl groups is 1. The van der Waals surface area contributed by atoms with Gasteiger partial charge >= 0.3 is 0 Å². The zero-order valence-electron chi connectivity index (χ0n) is 10.8. The van der Waals surface area contributed by atoms with Gasteiger partial charge in [-0.05, 0) is 30.5 Å². The Morgan fingerprint density at radius 3 is 2.84 bits per heavy atom.